The summed E-state index contributed by atoms with van der Waals surface area (Å²) >= 11 is 0. The number of hydrogen-bond acceptors (Lipinski definition) is 5. The Hall–Kier alpha value is -1.52. The molecule has 0 spiro atoms. The lowest BCUT2D eigenvalue weighted by Crippen LogP contribution is -2.53. The van der Waals surface area contributed by atoms with Gasteiger partial charge in [-0.3, -0.25) is 0 Å². The van der Waals surface area contributed by atoms with Gasteiger partial charge in [0, 0.05) is 12.1 Å². The highest BCUT2D eigenvalue weighted by Crippen LogP contribution is 2.61. The topological polar surface area (TPSA) is 89.8 Å². The fourth-order valence-electron chi connectivity index (χ4n) is 5.64. The van der Waals surface area contributed by atoms with Crippen molar-refractivity contribution in [2.75, 3.05) is 16.8 Å². The van der Waals surface area contributed by atoms with Crippen LogP contribution in [0.1, 0.15) is 45.4 Å². The SMILES string of the molecule is CC(Nc1cc(N)nc(N)n1)C12CC3CC(CC(C3)C1)C2. The minimum absolute atomic E-state index is 0.246. The molecule has 4 aliphatic carbocycles. The summed E-state index contributed by atoms with van der Waals surface area (Å²) < 4.78 is 0. The number of nitrogen functional groups attached to an aromatic ring is 2. The van der Waals surface area contributed by atoms with Crippen LogP contribution in [0.3, 0.4) is 0 Å². The molecule has 1 atom stereocenters. The molecule has 1 aromatic rings. The molecule has 21 heavy (non-hydrogen) atoms. The second-order valence-corrected chi connectivity index (χ2v) is 7.68. The molecule has 0 aromatic carbocycles. The standard InChI is InChI=1S/C16H25N5/c1-9(19-14-5-13(17)20-15(18)21-14)16-6-10-2-11(7-16)4-12(3-10)8-16/h5,9-12H,2-4,6-8H2,1H3,(H5,17,18,19,20,21). The second-order valence-electron chi connectivity index (χ2n) is 7.68. The molecule has 1 heterocycles. The molecule has 4 bridgehead atoms. The number of hydrogen-bond donors (Lipinski definition) is 3. The maximum atomic E-state index is 5.77. The van der Waals surface area contributed by atoms with E-state index < -0.39 is 0 Å². The maximum absolute atomic E-state index is 5.77. The van der Waals surface area contributed by atoms with Crippen molar-refractivity contribution in [2.24, 2.45) is 23.2 Å². The van der Waals surface area contributed by atoms with Crippen LogP contribution >= 0.6 is 0 Å². The van der Waals surface area contributed by atoms with E-state index in [0.29, 0.717) is 17.3 Å². The van der Waals surface area contributed by atoms with Crippen molar-refractivity contribution in [2.45, 2.75) is 51.5 Å². The van der Waals surface area contributed by atoms with Crippen molar-refractivity contribution < 1.29 is 0 Å². The Morgan fingerprint density at radius 3 is 2.19 bits per heavy atom. The van der Waals surface area contributed by atoms with E-state index in [1.54, 1.807) is 6.07 Å². The smallest absolute Gasteiger partial charge is 0.223 e. The van der Waals surface area contributed by atoms with Crippen molar-refractivity contribution in [3.63, 3.8) is 0 Å². The van der Waals surface area contributed by atoms with Gasteiger partial charge >= 0.3 is 0 Å². The number of nitrogens with zero attached hydrogens (tertiary/aromatic N) is 2. The summed E-state index contributed by atoms with van der Waals surface area (Å²) in [6.07, 6.45) is 8.55. The normalized spacial score (nSPS) is 38.4. The monoisotopic (exact) mass is 287 g/mol. The van der Waals surface area contributed by atoms with Crippen LogP contribution in [0.2, 0.25) is 0 Å². The summed E-state index contributed by atoms with van der Waals surface area (Å²) in [4.78, 5) is 8.22. The first kappa shape index (κ1) is 13.2. The number of nitrogens with one attached hydrogen (secondary N) is 1. The van der Waals surface area contributed by atoms with Gasteiger partial charge in [-0.15, -0.1) is 0 Å². The van der Waals surface area contributed by atoms with Crippen molar-refractivity contribution in [3.05, 3.63) is 6.07 Å². The first-order chi connectivity index (χ1) is 10.0. The fourth-order valence-corrected chi connectivity index (χ4v) is 5.64. The predicted molar refractivity (Wildman–Crippen MR) is 84.5 cm³/mol. The highest BCUT2D eigenvalue weighted by molar-refractivity contribution is 5.49. The van der Waals surface area contributed by atoms with E-state index in [1.165, 1.54) is 38.5 Å². The van der Waals surface area contributed by atoms with E-state index >= 15 is 0 Å². The minimum atomic E-state index is 0.246. The summed E-state index contributed by atoms with van der Waals surface area (Å²) in [6.45, 7) is 2.31. The Morgan fingerprint density at radius 1 is 1.10 bits per heavy atom. The van der Waals surface area contributed by atoms with E-state index in [4.69, 9.17) is 11.5 Å². The summed E-state index contributed by atoms with van der Waals surface area (Å²) in [5.41, 5.74) is 11.9. The second kappa shape index (κ2) is 4.49. The van der Waals surface area contributed by atoms with Crippen LogP contribution in [0, 0.1) is 23.2 Å². The van der Waals surface area contributed by atoms with Gasteiger partial charge in [-0.05, 0) is 68.6 Å². The zero-order valence-electron chi connectivity index (χ0n) is 12.7. The molecule has 4 fully saturated rings. The van der Waals surface area contributed by atoms with Crippen LogP contribution in [0.4, 0.5) is 17.6 Å². The molecule has 1 unspecified atom stereocenters. The lowest BCUT2D eigenvalue weighted by molar-refractivity contribution is -0.0603. The Morgan fingerprint density at radius 2 is 1.67 bits per heavy atom. The van der Waals surface area contributed by atoms with Gasteiger partial charge in [-0.1, -0.05) is 0 Å². The molecule has 4 saturated carbocycles. The Kier molecular flexibility index (Phi) is 2.81. The molecule has 5 heteroatoms. The molecule has 0 saturated heterocycles. The molecule has 114 valence electrons. The molecule has 0 radical (unpaired) electrons. The molecule has 5 N–H and O–H groups in total. The number of rotatable bonds is 3. The summed E-state index contributed by atoms with van der Waals surface area (Å²) in [6, 6.07) is 2.20. The van der Waals surface area contributed by atoms with Crippen molar-refractivity contribution in [1.82, 2.24) is 9.97 Å². The van der Waals surface area contributed by atoms with Gasteiger partial charge in [-0.25, -0.2) is 0 Å². The Bertz CT molecular complexity index is 500. The van der Waals surface area contributed by atoms with E-state index in [2.05, 4.69) is 22.2 Å². The van der Waals surface area contributed by atoms with E-state index in [-0.39, 0.29) is 5.95 Å². The zero-order valence-corrected chi connectivity index (χ0v) is 12.7. The van der Waals surface area contributed by atoms with Crippen LogP contribution in [0.5, 0.6) is 0 Å². The van der Waals surface area contributed by atoms with Crippen molar-refractivity contribution in [1.29, 1.82) is 0 Å². The molecule has 0 amide bonds. The van der Waals surface area contributed by atoms with Crippen LogP contribution in [0.15, 0.2) is 6.07 Å². The minimum Gasteiger partial charge on any atom is -0.383 e. The summed E-state index contributed by atoms with van der Waals surface area (Å²) in [7, 11) is 0. The summed E-state index contributed by atoms with van der Waals surface area (Å²) in [5, 5.41) is 3.57. The lowest BCUT2D eigenvalue weighted by atomic mass is 9.48. The number of aromatic nitrogens is 2. The molecular weight excluding hydrogens is 262 g/mol. The average molecular weight is 287 g/mol. The van der Waals surface area contributed by atoms with E-state index in [0.717, 1.165) is 23.6 Å². The third-order valence-corrected chi connectivity index (χ3v) is 6.13. The van der Waals surface area contributed by atoms with Crippen LogP contribution < -0.4 is 16.8 Å². The quantitative estimate of drug-likeness (QED) is 0.795. The molecule has 5 nitrogen and oxygen atoms in total. The van der Waals surface area contributed by atoms with Crippen molar-refractivity contribution in [3.8, 4) is 0 Å². The third-order valence-electron chi connectivity index (χ3n) is 6.13. The predicted octanol–water partition coefficient (Wildman–Crippen LogP) is 2.66. The van der Waals surface area contributed by atoms with Crippen molar-refractivity contribution >= 4 is 17.6 Å². The van der Waals surface area contributed by atoms with Gasteiger partial charge in [0.25, 0.3) is 0 Å². The van der Waals surface area contributed by atoms with Crippen LogP contribution in [0.25, 0.3) is 0 Å². The Balaban J connectivity index is 1.55. The van der Waals surface area contributed by atoms with Gasteiger partial charge in [0.2, 0.25) is 5.95 Å². The summed E-state index contributed by atoms with van der Waals surface area (Å²) in [5.74, 6) is 4.32. The third kappa shape index (κ3) is 2.23. The number of anilines is 3. The van der Waals surface area contributed by atoms with Gasteiger partial charge < -0.3 is 16.8 Å². The first-order valence-corrected chi connectivity index (χ1v) is 8.19. The van der Waals surface area contributed by atoms with Crippen LogP contribution in [-0.2, 0) is 0 Å². The lowest BCUT2D eigenvalue weighted by Gasteiger charge is -2.59. The molecule has 1 aromatic heterocycles. The zero-order chi connectivity index (χ0) is 14.6. The molecular formula is C16H25N5. The highest BCUT2D eigenvalue weighted by atomic mass is 15.1. The van der Waals surface area contributed by atoms with Gasteiger partial charge in [-0.2, -0.15) is 9.97 Å². The van der Waals surface area contributed by atoms with Gasteiger partial charge in [0.1, 0.15) is 11.6 Å². The maximum Gasteiger partial charge on any atom is 0.223 e. The fraction of sp³-hybridized carbons (Fsp3) is 0.750. The van der Waals surface area contributed by atoms with Gasteiger partial charge in [0.05, 0.1) is 0 Å². The average Bonchev–Trinajstić information content (AvgIpc) is 2.35. The molecule has 5 rings (SSSR count). The van der Waals surface area contributed by atoms with E-state index in [1.807, 2.05) is 0 Å². The van der Waals surface area contributed by atoms with Gasteiger partial charge in [0.15, 0.2) is 0 Å². The highest BCUT2D eigenvalue weighted by Gasteiger charge is 2.53. The van der Waals surface area contributed by atoms with Crippen LogP contribution in [-0.4, -0.2) is 16.0 Å². The molecule has 4 aliphatic rings. The first-order valence-electron chi connectivity index (χ1n) is 8.19. The van der Waals surface area contributed by atoms with E-state index in [9.17, 15) is 0 Å². The largest absolute Gasteiger partial charge is 0.383 e. The number of nitrogens with two attached hydrogens (primary N) is 2. The molecule has 0 aliphatic heterocycles. The Labute approximate surface area is 125 Å².